The molecule has 1 fully saturated rings. The number of hydrogen-bond donors (Lipinski definition) is 1. The minimum absolute atomic E-state index is 0.0429. The number of pyridine rings is 1. The van der Waals surface area contributed by atoms with Crippen LogP contribution >= 0.6 is 0 Å². The van der Waals surface area contributed by atoms with Crippen molar-refractivity contribution in [1.29, 1.82) is 0 Å². The van der Waals surface area contributed by atoms with Gasteiger partial charge in [-0.2, -0.15) is 13.2 Å². The zero-order valence-electron chi connectivity index (χ0n) is 21.5. The van der Waals surface area contributed by atoms with Gasteiger partial charge in [-0.1, -0.05) is 55.0 Å². The average Bonchev–Trinajstić information content (AvgIpc) is 2.87. The van der Waals surface area contributed by atoms with Crippen molar-refractivity contribution in [2.75, 3.05) is 26.2 Å². The van der Waals surface area contributed by atoms with E-state index in [1.807, 2.05) is 18.3 Å². The highest BCUT2D eigenvalue weighted by atomic mass is 19.4. The molecule has 0 saturated carbocycles. The van der Waals surface area contributed by atoms with E-state index in [2.05, 4.69) is 59.4 Å². The van der Waals surface area contributed by atoms with Crippen LogP contribution in [-0.2, 0) is 0 Å². The van der Waals surface area contributed by atoms with E-state index in [1.54, 1.807) is 6.08 Å². The van der Waals surface area contributed by atoms with Crippen LogP contribution in [0.25, 0.3) is 0 Å². The maximum atomic E-state index is 13.3. The fraction of sp³-hybridized carbons (Fsp3) is 0.500. The number of alkyl halides is 3. The molecule has 1 saturated heterocycles. The Hall–Kier alpha value is -2.44. The van der Waals surface area contributed by atoms with Crippen LogP contribution in [0.5, 0.6) is 0 Å². The molecule has 2 heterocycles. The van der Waals surface area contributed by atoms with Crippen molar-refractivity contribution in [2.24, 2.45) is 5.41 Å². The van der Waals surface area contributed by atoms with Gasteiger partial charge in [0.15, 0.2) is 0 Å². The first-order valence-corrected chi connectivity index (χ1v) is 13.1. The van der Waals surface area contributed by atoms with Gasteiger partial charge in [0.25, 0.3) is 0 Å². The first-order valence-electron chi connectivity index (χ1n) is 13.1. The molecule has 1 N–H and O–H groups in total. The van der Waals surface area contributed by atoms with Gasteiger partial charge in [0.2, 0.25) is 0 Å². The first kappa shape index (κ1) is 26.6. The summed E-state index contributed by atoms with van der Waals surface area (Å²) in [5.41, 5.74) is 3.71. The van der Waals surface area contributed by atoms with Crippen molar-refractivity contribution in [2.45, 2.75) is 64.6 Å². The standard InChI is InChI=1S/C30H38F3N3/c1-23-12-14-25(15-13-23)28(27-11-5-6-18-34-27)35-22-29(2)16-20-36(21-17-29)19-7-9-24-8-3-4-10-26(24)30(31,32)33/h5-6,8,10-15,18,28,35H,3-4,7,9,16-17,19-22H2,1-2H3. The van der Waals surface area contributed by atoms with Gasteiger partial charge in [0, 0.05) is 12.7 Å². The van der Waals surface area contributed by atoms with E-state index in [0.29, 0.717) is 24.8 Å². The Kier molecular flexibility index (Phi) is 8.68. The van der Waals surface area contributed by atoms with E-state index in [9.17, 15) is 13.2 Å². The molecule has 1 atom stereocenters. The number of aryl methyl sites for hydroxylation is 1. The summed E-state index contributed by atoms with van der Waals surface area (Å²) in [5, 5.41) is 3.80. The summed E-state index contributed by atoms with van der Waals surface area (Å²) < 4.78 is 39.9. The summed E-state index contributed by atoms with van der Waals surface area (Å²) in [6, 6.07) is 14.7. The van der Waals surface area contributed by atoms with Crippen LogP contribution < -0.4 is 5.32 Å². The summed E-state index contributed by atoms with van der Waals surface area (Å²) in [6.07, 6.45) is 5.36. The van der Waals surface area contributed by atoms with Crippen molar-refractivity contribution in [1.82, 2.24) is 15.2 Å². The summed E-state index contributed by atoms with van der Waals surface area (Å²) >= 11 is 0. The molecule has 3 nitrogen and oxygen atoms in total. The maximum absolute atomic E-state index is 13.3. The van der Waals surface area contributed by atoms with E-state index in [4.69, 9.17) is 0 Å². The molecule has 1 aromatic heterocycles. The molecule has 0 radical (unpaired) electrons. The van der Waals surface area contributed by atoms with Crippen molar-refractivity contribution in [3.05, 3.63) is 88.8 Å². The highest BCUT2D eigenvalue weighted by molar-refractivity contribution is 5.37. The van der Waals surface area contributed by atoms with Gasteiger partial charge in [-0.25, -0.2) is 0 Å². The Bertz CT molecular complexity index is 1030. The molecular formula is C30H38F3N3. The number of nitrogens with zero attached hydrogens (tertiary/aromatic N) is 2. The van der Waals surface area contributed by atoms with Gasteiger partial charge in [0.05, 0.1) is 17.3 Å². The summed E-state index contributed by atoms with van der Waals surface area (Å²) in [4.78, 5) is 7.03. The van der Waals surface area contributed by atoms with Crippen LogP contribution in [0.2, 0.25) is 0 Å². The minimum Gasteiger partial charge on any atom is -0.304 e. The molecule has 0 bridgehead atoms. The minimum atomic E-state index is -4.24. The first-order chi connectivity index (χ1) is 17.2. The third-order valence-electron chi connectivity index (χ3n) is 7.67. The third-order valence-corrected chi connectivity index (χ3v) is 7.67. The molecule has 2 aromatic rings. The van der Waals surface area contributed by atoms with Crippen LogP contribution in [-0.4, -0.2) is 42.2 Å². The highest BCUT2D eigenvalue weighted by Gasteiger charge is 2.36. The lowest BCUT2D eigenvalue weighted by atomic mass is 9.80. The number of piperidine rings is 1. The Morgan fingerprint density at radius 1 is 1.03 bits per heavy atom. The SMILES string of the molecule is Cc1ccc(C(NCC2(C)CCN(CCCC3=CCCC=C3C(F)(F)F)CC2)c2ccccn2)cc1. The number of rotatable bonds is 9. The van der Waals surface area contributed by atoms with Gasteiger partial charge < -0.3 is 10.2 Å². The summed E-state index contributed by atoms with van der Waals surface area (Å²) in [6.45, 7) is 8.15. The quantitative estimate of drug-likeness (QED) is 0.398. The number of allylic oxidation sites excluding steroid dienone is 4. The average molecular weight is 498 g/mol. The van der Waals surface area contributed by atoms with Gasteiger partial charge in [-0.15, -0.1) is 0 Å². The van der Waals surface area contributed by atoms with Crippen LogP contribution in [0.1, 0.15) is 68.3 Å². The second kappa shape index (κ2) is 11.7. The molecule has 1 aliphatic carbocycles. The number of aromatic nitrogens is 1. The molecule has 4 rings (SSSR count). The Labute approximate surface area is 213 Å². The van der Waals surface area contributed by atoms with Crippen molar-refractivity contribution in [3.63, 3.8) is 0 Å². The van der Waals surface area contributed by atoms with Gasteiger partial charge in [0.1, 0.15) is 0 Å². The predicted octanol–water partition coefficient (Wildman–Crippen LogP) is 7.16. The van der Waals surface area contributed by atoms with Crippen molar-refractivity contribution in [3.8, 4) is 0 Å². The lowest BCUT2D eigenvalue weighted by Crippen LogP contribution is -2.44. The molecule has 1 aromatic carbocycles. The zero-order valence-corrected chi connectivity index (χ0v) is 21.5. The monoisotopic (exact) mass is 497 g/mol. The lowest BCUT2D eigenvalue weighted by molar-refractivity contribution is -0.0900. The molecule has 36 heavy (non-hydrogen) atoms. The van der Waals surface area contributed by atoms with Gasteiger partial charge >= 0.3 is 6.18 Å². The molecule has 0 spiro atoms. The molecule has 0 amide bonds. The number of likely N-dealkylation sites (tertiary alicyclic amines) is 1. The fourth-order valence-corrected chi connectivity index (χ4v) is 5.29. The zero-order chi connectivity index (χ0) is 25.6. The van der Waals surface area contributed by atoms with E-state index < -0.39 is 11.7 Å². The van der Waals surface area contributed by atoms with Crippen molar-refractivity contribution >= 4 is 0 Å². The van der Waals surface area contributed by atoms with Crippen LogP contribution in [0, 0.1) is 12.3 Å². The number of hydrogen-bond acceptors (Lipinski definition) is 3. The topological polar surface area (TPSA) is 28.2 Å². The summed E-state index contributed by atoms with van der Waals surface area (Å²) in [5.74, 6) is 0. The largest absolute Gasteiger partial charge is 0.416 e. The highest BCUT2D eigenvalue weighted by Crippen LogP contribution is 2.37. The van der Waals surface area contributed by atoms with Crippen LogP contribution in [0.3, 0.4) is 0 Å². The predicted molar refractivity (Wildman–Crippen MR) is 140 cm³/mol. The van der Waals surface area contributed by atoms with Gasteiger partial charge in [-0.3, -0.25) is 4.98 Å². The number of halogens is 3. The van der Waals surface area contributed by atoms with E-state index in [1.165, 1.54) is 17.2 Å². The molecular weight excluding hydrogens is 459 g/mol. The van der Waals surface area contributed by atoms with Gasteiger partial charge in [-0.05, 0) is 93.8 Å². The van der Waals surface area contributed by atoms with Crippen LogP contribution in [0.15, 0.2) is 72.0 Å². The Morgan fingerprint density at radius 2 is 1.75 bits per heavy atom. The van der Waals surface area contributed by atoms with Crippen molar-refractivity contribution < 1.29 is 13.2 Å². The second-order valence-corrected chi connectivity index (χ2v) is 10.7. The maximum Gasteiger partial charge on any atom is 0.416 e. The second-order valence-electron chi connectivity index (χ2n) is 10.7. The Balaban J connectivity index is 1.28. The van der Waals surface area contributed by atoms with E-state index in [0.717, 1.165) is 51.1 Å². The van der Waals surface area contributed by atoms with E-state index >= 15 is 0 Å². The normalized spacial score (nSPS) is 19.5. The molecule has 194 valence electrons. The fourth-order valence-electron chi connectivity index (χ4n) is 5.29. The third kappa shape index (κ3) is 7.07. The number of nitrogens with one attached hydrogen (secondary N) is 1. The van der Waals surface area contributed by atoms with Crippen LogP contribution in [0.4, 0.5) is 13.2 Å². The molecule has 1 aliphatic heterocycles. The number of benzene rings is 1. The lowest BCUT2D eigenvalue weighted by Gasteiger charge is -2.40. The summed E-state index contributed by atoms with van der Waals surface area (Å²) in [7, 11) is 0. The molecule has 1 unspecified atom stereocenters. The smallest absolute Gasteiger partial charge is 0.304 e. The van der Waals surface area contributed by atoms with E-state index in [-0.39, 0.29) is 11.5 Å². The Morgan fingerprint density at radius 3 is 2.42 bits per heavy atom. The molecule has 2 aliphatic rings. The molecule has 6 heteroatoms.